The molecule has 12 heteroatoms. The third-order valence-corrected chi connectivity index (χ3v) is 5.94. The van der Waals surface area contributed by atoms with Crippen LogP contribution in [0.25, 0.3) is 0 Å². The minimum absolute atomic E-state index is 0.0585. The average molecular weight is 484 g/mol. The minimum Gasteiger partial charge on any atom is -0.395 e. The molecule has 5 rings (SSSR count). The summed E-state index contributed by atoms with van der Waals surface area (Å²) in [7, 11) is 0. The van der Waals surface area contributed by atoms with Crippen LogP contribution in [0.4, 0.5) is 20.3 Å². The van der Waals surface area contributed by atoms with Crippen molar-refractivity contribution in [2.24, 2.45) is 0 Å². The number of pyridine rings is 1. The number of fused-ring (bicyclic) bond motifs is 2. The van der Waals surface area contributed by atoms with Gasteiger partial charge in [0.15, 0.2) is 11.5 Å². The van der Waals surface area contributed by atoms with Gasteiger partial charge in [0.05, 0.1) is 6.20 Å². The molecule has 1 unspecified atom stereocenters. The molecule has 2 aromatic heterocycles. The van der Waals surface area contributed by atoms with Crippen LogP contribution in [0, 0.1) is 6.92 Å². The molecule has 0 radical (unpaired) electrons. The number of amides is 1. The number of nitrogens with zero attached hydrogens (tertiary/aromatic N) is 3. The maximum atomic E-state index is 13.2. The van der Waals surface area contributed by atoms with Crippen LogP contribution >= 0.6 is 0 Å². The summed E-state index contributed by atoms with van der Waals surface area (Å²) < 4.78 is 36.7. The standard InChI is InChI=1S/C23H22F2N6O4/c1-12-14(3-6-19(26)30-12)10-29-21(32)16-4-7-20-28-11-15(22(33)31(16)20)27-9-13-2-5-17-18(8-13)35-23(24,25)34-17/h2-3,5-6,8,11,16,27H,4,7,9-10H2,1H3,(H2,26,30)(H,29,32). The molecular weight excluding hydrogens is 462 g/mol. The highest BCUT2D eigenvalue weighted by Crippen LogP contribution is 2.41. The first kappa shape index (κ1) is 22.6. The highest BCUT2D eigenvalue weighted by Gasteiger charge is 2.43. The summed E-state index contributed by atoms with van der Waals surface area (Å²) in [6.45, 7) is 2.21. The van der Waals surface area contributed by atoms with Crippen LogP contribution in [0.2, 0.25) is 0 Å². The first-order chi connectivity index (χ1) is 16.7. The van der Waals surface area contributed by atoms with Crippen LogP contribution in [-0.2, 0) is 24.3 Å². The lowest BCUT2D eigenvalue weighted by atomic mass is 10.1. The number of carbonyl (C=O) groups excluding carboxylic acids is 1. The Bertz CT molecular complexity index is 1380. The molecule has 2 aliphatic rings. The van der Waals surface area contributed by atoms with Crippen LogP contribution in [0.3, 0.4) is 0 Å². The molecular formula is C23H22F2N6O4. The summed E-state index contributed by atoms with van der Waals surface area (Å²) in [6.07, 6.45) is -1.34. The Kier molecular flexibility index (Phi) is 5.50. The van der Waals surface area contributed by atoms with E-state index in [1.54, 1.807) is 25.1 Å². The van der Waals surface area contributed by atoms with Gasteiger partial charge in [-0.05, 0) is 42.7 Å². The number of alkyl halides is 2. The summed E-state index contributed by atoms with van der Waals surface area (Å²) in [6, 6.07) is 7.14. The molecule has 10 nitrogen and oxygen atoms in total. The Hall–Kier alpha value is -4.22. The largest absolute Gasteiger partial charge is 0.586 e. The van der Waals surface area contributed by atoms with E-state index in [-0.39, 0.29) is 41.7 Å². The normalized spacial score (nSPS) is 17.2. The first-order valence-corrected chi connectivity index (χ1v) is 10.9. The number of hydrogen-bond acceptors (Lipinski definition) is 8. The van der Waals surface area contributed by atoms with Crippen LogP contribution < -0.4 is 31.4 Å². The maximum Gasteiger partial charge on any atom is 0.586 e. The number of nitrogens with one attached hydrogen (secondary N) is 2. The van der Waals surface area contributed by atoms with Crippen molar-refractivity contribution in [2.45, 2.75) is 45.2 Å². The molecule has 2 aliphatic heterocycles. The SMILES string of the molecule is Cc1nc(N)ccc1CNC(=O)C1CCc2ncc(NCc3ccc4c(c3)OC(F)(F)O4)c(=O)n21. The Balaban J connectivity index is 1.28. The molecule has 0 bridgehead atoms. The van der Waals surface area contributed by atoms with Crippen molar-refractivity contribution >= 4 is 17.4 Å². The van der Waals surface area contributed by atoms with E-state index in [2.05, 4.69) is 30.1 Å². The van der Waals surface area contributed by atoms with E-state index in [4.69, 9.17) is 5.73 Å². The van der Waals surface area contributed by atoms with E-state index < -0.39 is 12.3 Å². The second-order valence-electron chi connectivity index (χ2n) is 8.32. The van der Waals surface area contributed by atoms with E-state index >= 15 is 0 Å². The molecule has 4 heterocycles. The lowest BCUT2D eigenvalue weighted by Gasteiger charge is -2.16. The van der Waals surface area contributed by atoms with Gasteiger partial charge in [-0.3, -0.25) is 14.2 Å². The van der Waals surface area contributed by atoms with E-state index in [9.17, 15) is 18.4 Å². The topological polar surface area (TPSA) is 133 Å². The number of anilines is 2. The van der Waals surface area contributed by atoms with Gasteiger partial charge in [0.25, 0.3) is 5.56 Å². The lowest BCUT2D eigenvalue weighted by molar-refractivity contribution is -0.286. The summed E-state index contributed by atoms with van der Waals surface area (Å²) >= 11 is 0. The number of carbonyl (C=O) groups is 1. The quantitative estimate of drug-likeness (QED) is 0.485. The van der Waals surface area contributed by atoms with Gasteiger partial charge in [-0.1, -0.05) is 12.1 Å². The monoisotopic (exact) mass is 484 g/mol. The zero-order valence-corrected chi connectivity index (χ0v) is 18.7. The zero-order chi connectivity index (χ0) is 24.7. The minimum atomic E-state index is -3.70. The smallest absolute Gasteiger partial charge is 0.395 e. The van der Waals surface area contributed by atoms with Gasteiger partial charge in [0, 0.05) is 25.2 Å². The first-order valence-electron chi connectivity index (χ1n) is 10.9. The van der Waals surface area contributed by atoms with E-state index in [1.807, 2.05) is 0 Å². The Morgan fingerprint density at radius 3 is 2.83 bits per heavy atom. The Labute approximate surface area is 198 Å². The molecule has 1 amide bonds. The molecule has 35 heavy (non-hydrogen) atoms. The van der Waals surface area contributed by atoms with E-state index in [0.717, 1.165) is 11.3 Å². The molecule has 4 N–H and O–H groups in total. The maximum absolute atomic E-state index is 13.2. The number of hydrogen-bond donors (Lipinski definition) is 3. The fraction of sp³-hybridized carbons (Fsp3) is 0.304. The van der Waals surface area contributed by atoms with Crippen LogP contribution in [-0.4, -0.2) is 26.7 Å². The predicted octanol–water partition coefficient (Wildman–Crippen LogP) is 2.27. The molecule has 0 fully saturated rings. The van der Waals surface area contributed by atoms with Gasteiger partial charge >= 0.3 is 6.29 Å². The van der Waals surface area contributed by atoms with Gasteiger partial charge in [-0.15, -0.1) is 8.78 Å². The second-order valence-corrected chi connectivity index (χ2v) is 8.32. The third kappa shape index (κ3) is 4.46. The number of nitrogens with two attached hydrogens (primary N) is 1. The summed E-state index contributed by atoms with van der Waals surface area (Å²) in [4.78, 5) is 34.6. The van der Waals surface area contributed by atoms with Crippen LogP contribution in [0.15, 0.2) is 41.3 Å². The molecule has 1 atom stereocenters. The highest BCUT2D eigenvalue weighted by molar-refractivity contribution is 5.81. The van der Waals surface area contributed by atoms with E-state index in [1.165, 1.54) is 22.9 Å². The van der Waals surface area contributed by atoms with Crippen LogP contribution in [0.1, 0.15) is 35.1 Å². The van der Waals surface area contributed by atoms with Crippen LogP contribution in [0.5, 0.6) is 11.5 Å². The number of aryl methyl sites for hydroxylation is 2. The zero-order valence-electron chi connectivity index (χ0n) is 18.7. The van der Waals surface area contributed by atoms with Gasteiger partial charge < -0.3 is 25.8 Å². The predicted molar refractivity (Wildman–Crippen MR) is 121 cm³/mol. The summed E-state index contributed by atoms with van der Waals surface area (Å²) in [5.74, 6) is 0.492. The average Bonchev–Trinajstić information content (AvgIpc) is 3.37. The van der Waals surface area contributed by atoms with Gasteiger partial charge in [0.1, 0.15) is 23.4 Å². The Morgan fingerprint density at radius 1 is 1.23 bits per heavy atom. The van der Waals surface area contributed by atoms with Crippen molar-refractivity contribution in [3.05, 3.63) is 69.5 Å². The molecule has 1 aromatic carbocycles. The summed E-state index contributed by atoms with van der Waals surface area (Å²) in [5, 5.41) is 5.83. The van der Waals surface area contributed by atoms with Gasteiger partial charge in [-0.25, -0.2) is 9.97 Å². The van der Waals surface area contributed by atoms with Crippen molar-refractivity contribution in [3.8, 4) is 11.5 Å². The molecule has 3 aromatic rings. The Morgan fingerprint density at radius 2 is 2.03 bits per heavy atom. The lowest BCUT2D eigenvalue weighted by Crippen LogP contribution is -2.36. The molecule has 0 saturated carbocycles. The third-order valence-electron chi connectivity index (χ3n) is 5.94. The fourth-order valence-electron chi connectivity index (χ4n) is 4.17. The van der Waals surface area contributed by atoms with Crippen molar-refractivity contribution in [1.29, 1.82) is 0 Å². The number of aromatic nitrogens is 3. The number of ether oxygens (including phenoxy) is 2. The molecule has 0 saturated heterocycles. The van der Waals surface area contributed by atoms with Crippen molar-refractivity contribution in [2.75, 3.05) is 11.1 Å². The number of halogens is 2. The number of nitrogen functional groups attached to an aromatic ring is 1. The van der Waals surface area contributed by atoms with Gasteiger partial charge in [-0.2, -0.15) is 0 Å². The summed E-state index contributed by atoms with van der Waals surface area (Å²) in [5.41, 5.74) is 7.62. The second kappa shape index (κ2) is 8.53. The van der Waals surface area contributed by atoms with Gasteiger partial charge in [0.2, 0.25) is 5.91 Å². The van der Waals surface area contributed by atoms with E-state index in [0.29, 0.717) is 30.0 Å². The molecule has 182 valence electrons. The fourth-order valence-corrected chi connectivity index (χ4v) is 4.17. The van der Waals surface area contributed by atoms with Crippen molar-refractivity contribution in [3.63, 3.8) is 0 Å². The molecule has 0 spiro atoms. The van der Waals surface area contributed by atoms with Crippen molar-refractivity contribution in [1.82, 2.24) is 19.9 Å². The highest BCUT2D eigenvalue weighted by atomic mass is 19.3. The molecule has 0 aliphatic carbocycles. The number of rotatable bonds is 6. The number of benzene rings is 1. The van der Waals surface area contributed by atoms with Crippen molar-refractivity contribution < 1.29 is 23.0 Å².